The van der Waals surface area contributed by atoms with Gasteiger partial charge in [0, 0.05) is 0 Å². The molecule has 2 aromatic rings. The Morgan fingerprint density at radius 1 is 1.36 bits per heavy atom. The Hall–Kier alpha value is -1.67. The Morgan fingerprint density at radius 2 is 2.07 bits per heavy atom. The third-order valence-electron chi connectivity index (χ3n) is 1.98. The first-order valence-corrected chi connectivity index (χ1v) is 4.88. The molecule has 2 heterocycles. The zero-order valence-electron chi connectivity index (χ0n) is 7.83. The second-order valence-electron chi connectivity index (χ2n) is 2.98. The Kier molecular flexibility index (Phi) is 1.86. The molecule has 0 aliphatic rings. The van der Waals surface area contributed by atoms with Crippen molar-refractivity contribution in [2.24, 2.45) is 0 Å². The first-order chi connectivity index (χ1) is 6.63. The molecule has 2 aromatic heterocycles. The number of nitriles is 1. The zero-order chi connectivity index (χ0) is 10.3. The molecule has 0 fully saturated rings. The minimum atomic E-state index is 0.459. The molecule has 0 saturated carbocycles. The number of hydrogen-bond donors (Lipinski definition) is 1. The SMILES string of the molecule is Cc1nc2nc(C)c(C#N)c(N)c2s1. The zero-order valence-corrected chi connectivity index (χ0v) is 8.64. The molecule has 0 spiro atoms. The van der Waals surface area contributed by atoms with Crippen molar-refractivity contribution in [1.82, 2.24) is 9.97 Å². The lowest BCUT2D eigenvalue weighted by Crippen LogP contribution is -1.96. The van der Waals surface area contributed by atoms with E-state index in [4.69, 9.17) is 11.0 Å². The second kappa shape index (κ2) is 2.93. The Morgan fingerprint density at radius 3 is 2.71 bits per heavy atom. The monoisotopic (exact) mass is 204 g/mol. The van der Waals surface area contributed by atoms with Gasteiger partial charge in [-0.05, 0) is 13.8 Å². The van der Waals surface area contributed by atoms with Gasteiger partial charge in [0.25, 0.3) is 0 Å². The third kappa shape index (κ3) is 1.12. The van der Waals surface area contributed by atoms with E-state index < -0.39 is 0 Å². The second-order valence-corrected chi connectivity index (χ2v) is 4.19. The summed E-state index contributed by atoms with van der Waals surface area (Å²) in [7, 11) is 0. The molecule has 0 atom stereocenters. The van der Waals surface area contributed by atoms with E-state index >= 15 is 0 Å². The van der Waals surface area contributed by atoms with Crippen LogP contribution >= 0.6 is 11.3 Å². The fourth-order valence-corrected chi connectivity index (χ4v) is 2.15. The fraction of sp³-hybridized carbons (Fsp3) is 0.222. The van der Waals surface area contributed by atoms with Crippen LogP contribution in [0.4, 0.5) is 5.69 Å². The van der Waals surface area contributed by atoms with E-state index in [1.54, 1.807) is 6.92 Å². The molecule has 0 amide bonds. The van der Waals surface area contributed by atoms with Crippen LogP contribution < -0.4 is 5.73 Å². The van der Waals surface area contributed by atoms with Gasteiger partial charge in [-0.2, -0.15) is 5.26 Å². The van der Waals surface area contributed by atoms with Gasteiger partial charge in [0.05, 0.1) is 26.7 Å². The maximum Gasteiger partial charge on any atom is 0.172 e. The highest BCUT2D eigenvalue weighted by Gasteiger charge is 2.12. The lowest BCUT2D eigenvalue weighted by atomic mass is 10.2. The maximum absolute atomic E-state index is 8.88. The molecule has 5 heteroatoms. The number of nitrogen functional groups attached to an aromatic ring is 1. The topological polar surface area (TPSA) is 75.6 Å². The first-order valence-electron chi connectivity index (χ1n) is 4.06. The predicted octanol–water partition coefficient (Wildman–Crippen LogP) is 1.76. The minimum Gasteiger partial charge on any atom is -0.396 e. The van der Waals surface area contributed by atoms with Crippen LogP contribution in [0, 0.1) is 25.2 Å². The number of fused-ring (bicyclic) bond motifs is 1. The van der Waals surface area contributed by atoms with Gasteiger partial charge in [-0.15, -0.1) is 11.3 Å². The van der Waals surface area contributed by atoms with Crippen LogP contribution in [0.25, 0.3) is 10.3 Å². The summed E-state index contributed by atoms with van der Waals surface area (Å²) in [5.74, 6) is 0. The Balaban J connectivity index is 2.93. The van der Waals surface area contributed by atoms with Crippen molar-refractivity contribution in [2.75, 3.05) is 5.73 Å². The van der Waals surface area contributed by atoms with Crippen molar-refractivity contribution in [3.05, 3.63) is 16.3 Å². The Labute approximate surface area is 85.0 Å². The van der Waals surface area contributed by atoms with E-state index in [-0.39, 0.29) is 0 Å². The van der Waals surface area contributed by atoms with Crippen molar-refractivity contribution in [1.29, 1.82) is 5.26 Å². The van der Waals surface area contributed by atoms with Crippen LogP contribution in [0.2, 0.25) is 0 Å². The van der Waals surface area contributed by atoms with Crippen molar-refractivity contribution in [2.45, 2.75) is 13.8 Å². The molecule has 0 aliphatic heterocycles. The average Bonchev–Trinajstić information content (AvgIpc) is 2.47. The standard InChI is InChI=1S/C9H8N4S/c1-4-6(3-10)7(11)8-9(12-4)13-5(2)14-8/h1-2H3,(H2,11,12). The van der Waals surface area contributed by atoms with Gasteiger partial charge in [-0.3, -0.25) is 0 Å². The van der Waals surface area contributed by atoms with Crippen LogP contribution in [0.15, 0.2) is 0 Å². The van der Waals surface area contributed by atoms with Crippen LogP contribution in [0.3, 0.4) is 0 Å². The first kappa shape index (κ1) is 8.91. The van der Waals surface area contributed by atoms with Gasteiger partial charge >= 0.3 is 0 Å². The molecule has 2 N–H and O–H groups in total. The number of aryl methyl sites for hydroxylation is 2. The van der Waals surface area contributed by atoms with Gasteiger partial charge in [-0.1, -0.05) is 0 Å². The summed E-state index contributed by atoms with van der Waals surface area (Å²) in [4.78, 5) is 8.45. The van der Waals surface area contributed by atoms with E-state index in [1.807, 2.05) is 6.92 Å². The molecule has 0 aromatic carbocycles. The highest BCUT2D eigenvalue weighted by atomic mass is 32.1. The smallest absolute Gasteiger partial charge is 0.172 e. The van der Waals surface area contributed by atoms with Crippen LogP contribution in [0.5, 0.6) is 0 Å². The van der Waals surface area contributed by atoms with Crippen LogP contribution in [-0.2, 0) is 0 Å². The van der Waals surface area contributed by atoms with Gasteiger partial charge < -0.3 is 5.73 Å². The number of aromatic nitrogens is 2. The molecule has 4 nitrogen and oxygen atoms in total. The van der Waals surface area contributed by atoms with Gasteiger partial charge in [0.2, 0.25) is 0 Å². The molecule has 70 valence electrons. The van der Waals surface area contributed by atoms with E-state index in [2.05, 4.69) is 16.0 Å². The van der Waals surface area contributed by atoms with Gasteiger partial charge in [0.1, 0.15) is 6.07 Å². The average molecular weight is 204 g/mol. The molecule has 14 heavy (non-hydrogen) atoms. The van der Waals surface area contributed by atoms with Crippen molar-refractivity contribution < 1.29 is 0 Å². The number of rotatable bonds is 0. The number of thiazole rings is 1. The van der Waals surface area contributed by atoms with Crippen LogP contribution in [0.1, 0.15) is 16.3 Å². The fourth-order valence-electron chi connectivity index (χ4n) is 1.33. The number of nitrogens with zero attached hydrogens (tertiary/aromatic N) is 3. The van der Waals surface area contributed by atoms with Gasteiger partial charge in [-0.25, -0.2) is 9.97 Å². The van der Waals surface area contributed by atoms with E-state index in [0.29, 0.717) is 22.6 Å². The van der Waals surface area contributed by atoms with E-state index in [0.717, 1.165) is 9.71 Å². The summed E-state index contributed by atoms with van der Waals surface area (Å²) in [6.45, 7) is 3.66. The molecular formula is C9H8N4S. The summed E-state index contributed by atoms with van der Waals surface area (Å²) in [6.07, 6.45) is 0. The molecule has 0 unspecified atom stereocenters. The molecular weight excluding hydrogens is 196 g/mol. The molecule has 2 rings (SSSR count). The summed E-state index contributed by atoms with van der Waals surface area (Å²) < 4.78 is 0.810. The lowest BCUT2D eigenvalue weighted by Gasteiger charge is -2.00. The molecule has 0 radical (unpaired) electrons. The molecule has 0 bridgehead atoms. The third-order valence-corrected chi connectivity index (χ3v) is 2.97. The highest BCUT2D eigenvalue weighted by Crippen LogP contribution is 2.29. The number of hydrogen-bond acceptors (Lipinski definition) is 5. The summed E-state index contributed by atoms with van der Waals surface area (Å²) >= 11 is 1.47. The maximum atomic E-state index is 8.88. The van der Waals surface area contributed by atoms with E-state index in [9.17, 15) is 0 Å². The quantitative estimate of drug-likeness (QED) is 0.709. The lowest BCUT2D eigenvalue weighted by molar-refractivity contribution is 1.19. The summed E-state index contributed by atoms with van der Waals surface area (Å²) in [5.41, 5.74) is 8.09. The van der Waals surface area contributed by atoms with Gasteiger partial charge in [0.15, 0.2) is 5.65 Å². The highest BCUT2D eigenvalue weighted by molar-refractivity contribution is 7.19. The molecule has 0 aliphatic carbocycles. The summed E-state index contributed by atoms with van der Waals surface area (Å²) in [6, 6.07) is 2.06. The number of nitrogens with two attached hydrogens (primary N) is 1. The van der Waals surface area contributed by atoms with Crippen molar-refractivity contribution in [3.8, 4) is 6.07 Å². The number of pyridine rings is 1. The van der Waals surface area contributed by atoms with Crippen molar-refractivity contribution >= 4 is 27.4 Å². The predicted molar refractivity (Wildman–Crippen MR) is 56.0 cm³/mol. The number of anilines is 1. The largest absolute Gasteiger partial charge is 0.396 e. The van der Waals surface area contributed by atoms with E-state index in [1.165, 1.54) is 11.3 Å². The Bertz CT molecular complexity index is 550. The summed E-state index contributed by atoms with van der Waals surface area (Å²) in [5, 5.41) is 9.79. The molecule has 0 saturated heterocycles. The minimum absolute atomic E-state index is 0.459. The normalized spacial score (nSPS) is 10.4. The van der Waals surface area contributed by atoms with Crippen molar-refractivity contribution in [3.63, 3.8) is 0 Å². The van der Waals surface area contributed by atoms with Crippen LogP contribution in [-0.4, -0.2) is 9.97 Å².